The van der Waals surface area contributed by atoms with Crippen LogP contribution < -0.4 is 29.6 Å². The summed E-state index contributed by atoms with van der Waals surface area (Å²) in [4.78, 5) is 127. The van der Waals surface area contributed by atoms with Gasteiger partial charge in [-0.05, 0) is 138 Å². The van der Waals surface area contributed by atoms with Gasteiger partial charge in [-0.15, -0.1) is 13.2 Å². The van der Waals surface area contributed by atoms with Crippen molar-refractivity contribution in [3.63, 3.8) is 0 Å². The maximum atomic E-state index is 14.9. The molecule has 3 aliphatic heterocycles. The number of halogens is 2. The van der Waals surface area contributed by atoms with Gasteiger partial charge in [0.25, 0.3) is 11.8 Å². The highest BCUT2D eigenvalue weighted by molar-refractivity contribution is 7.91. The highest BCUT2D eigenvalue weighted by Gasteiger charge is 2.64. The van der Waals surface area contributed by atoms with Gasteiger partial charge >= 0.3 is 5.97 Å². The fourth-order valence-corrected chi connectivity index (χ4v) is 19.0. The number of esters is 1. The average Bonchev–Trinajstić information content (AvgIpc) is 1.58. The van der Waals surface area contributed by atoms with Gasteiger partial charge in [0.15, 0.2) is 11.2 Å². The second-order valence-corrected chi connectivity index (χ2v) is 39.2. The summed E-state index contributed by atoms with van der Waals surface area (Å²) < 4.78 is 86.8. The van der Waals surface area contributed by atoms with Gasteiger partial charge in [-0.25, -0.2) is 26.8 Å². The largest absolute Gasteiger partial charge is 0.472 e. The van der Waals surface area contributed by atoms with Crippen LogP contribution in [0.15, 0.2) is 119 Å². The van der Waals surface area contributed by atoms with Gasteiger partial charge < -0.3 is 48.4 Å². The molecule has 3 saturated heterocycles. The number of ether oxygens (including phenoxy) is 3. The van der Waals surface area contributed by atoms with Crippen LogP contribution in [0.2, 0.25) is 10.0 Å². The van der Waals surface area contributed by atoms with Crippen LogP contribution in [0.5, 0.6) is 11.8 Å². The number of carbonyl (C=O) groups is 8. The van der Waals surface area contributed by atoms with E-state index in [1.807, 2.05) is 95.0 Å². The first-order chi connectivity index (χ1) is 53.3. The van der Waals surface area contributed by atoms with Gasteiger partial charge in [-0.3, -0.25) is 47.8 Å². The van der Waals surface area contributed by atoms with Gasteiger partial charge in [0.2, 0.25) is 61.3 Å². The minimum Gasteiger partial charge on any atom is -0.472 e. The number of hydrogen-bond donors (Lipinski definition) is 4. The Kier molecular flexibility index (Phi) is 21.4. The Morgan fingerprint density at radius 1 is 0.566 bits per heavy atom. The Balaban J connectivity index is 0.000000187. The predicted molar refractivity (Wildman–Crippen MR) is 427 cm³/mol. The lowest BCUT2D eigenvalue weighted by Gasteiger charge is -2.36. The van der Waals surface area contributed by atoms with Crippen LogP contribution in [-0.4, -0.2) is 166 Å². The number of sulfonamides is 2. The number of carbonyl (C=O) groups excluding carboxylic acids is 8. The van der Waals surface area contributed by atoms with E-state index in [0.29, 0.717) is 104 Å². The molecule has 113 heavy (non-hydrogen) atoms. The minimum atomic E-state index is -3.92. The van der Waals surface area contributed by atoms with Gasteiger partial charge in [-0.2, -0.15) is 0 Å². The normalized spacial score (nSPS) is 23.8. The summed E-state index contributed by atoms with van der Waals surface area (Å²) in [5.74, 6) is -6.67. The molecule has 600 valence electrons. The third kappa shape index (κ3) is 16.4. The molecule has 0 bridgehead atoms. The van der Waals surface area contributed by atoms with Gasteiger partial charge in [-0.1, -0.05) is 113 Å². The molecule has 4 saturated carbocycles. The fourth-order valence-electron chi connectivity index (χ4n) is 16.0. The number of amides is 7. The van der Waals surface area contributed by atoms with E-state index >= 15 is 0 Å². The molecule has 4 aromatic carbocycles. The standard InChI is InChI=1S/C42H48ClN5O8S.C41H47ClN4O9S/c1-5-24-22-42(24,40(52)46-57(53,54)27-14-15-27)45-37(50)32-20-26(23-48(32)39(51)31(41(2,3)4)21-34(49)47-17-9-6-10-18-47)55-38-29-12-8-7-11-28(29)36-35(44-38)30-19-25(43)13-16-33(30)56-36;1-8-22-20-41(22,38(50)45-56(51,52)25-14-15-25)44-35(48)30-18-24(21-46(30)37(49)29(39(2,3)4)19-32(47)55-40(5,6)7)53-36-27-12-10-9-11-26(27)34-33(43-36)28-17-23(42)13-16-31(28)54-34/h5,7-8,11-13,16,19,24,26-27,31-32H,1,6,9-10,14-15,17-18,20-23H2,2-4H3,(H,45,50)(H,46,52);8-13,16-17,22,24-25,29-30H,1,14-15,18-21H2,2-7H3,(H,44,48)(H,45,50)/t24-,26-,31-,32+,42-;22-,24-,29-,30+,41-/m11/s1. The summed E-state index contributed by atoms with van der Waals surface area (Å²) in [5.41, 5.74) is -1.91. The summed E-state index contributed by atoms with van der Waals surface area (Å²) in [6.45, 7) is 25.3. The summed E-state index contributed by atoms with van der Waals surface area (Å²) in [7, 11) is -7.82. The van der Waals surface area contributed by atoms with Crippen molar-refractivity contribution in [2.75, 3.05) is 26.2 Å². The van der Waals surface area contributed by atoms with Crippen LogP contribution in [-0.2, 0) is 63.1 Å². The first-order valence-corrected chi connectivity index (χ1v) is 42.4. The molecule has 7 heterocycles. The lowest BCUT2D eigenvalue weighted by molar-refractivity contribution is -0.161. The van der Waals surface area contributed by atoms with Crippen molar-refractivity contribution in [2.45, 2.75) is 197 Å². The van der Waals surface area contributed by atoms with Crippen molar-refractivity contribution < 1.29 is 78.2 Å². The highest BCUT2D eigenvalue weighted by Crippen LogP contribution is 2.49. The number of nitrogens with zero attached hydrogens (tertiary/aromatic N) is 5. The topological polar surface area (TPSA) is 342 Å². The van der Waals surface area contributed by atoms with Crippen molar-refractivity contribution in [3.8, 4) is 11.8 Å². The zero-order valence-corrected chi connectivity index (χ0v) is 67.8. The SMILES string of the molecule is C=C[C@@H]1C[C@]1(NC(=O)[C@@H]1C[C@@H](Oc2nc3c4cc(Cl)ccc4oc3c3ccccc23)CN1C(=O)[C@@H](CC(=O)N1CCCCC1)C(C)(C)C)C(=O)NS(=O)(=O)C1CC1.C=C[C@@H]1C[C@]1(NC(=O)[C@@H]1C[C@@H](Oc2nc3c4cc(Cl)ccc4oc3c3ccccc23)CN1C(=O)[C@@H](CC(=O)OC(C)(C)C)C(C)(C)C)C(=O)NS(=O)(=O)C1CC1. The van der Waals surface area contributed by atoms with Crippen molar-refractivity contribution in [1.29, 1.82) is 0 Å². The zero-order valence-electron chi connectivity index (χ0n) is 64.7. The lowest BCUT2D eigenvalue weighted by Crippen LogP contribution is -2.57. The first-order valence-electron chi connectivity index (χ1n) is 38.6. The number of rotatable bonds is 22. The van der Waals surface area contributed by atoms with Crippen LogP contribution in [0.3, 0.4) is 0 Å². The molecule has 0 unspecified atom stereocenters. The van der Waals surface area contributed by atoms with Crippen LogP contribution >= 0.6 is 23.2 Å². The van der Waals surface area contributed by atoms with Crippen molar-refractivity contribution in [3.05, 3.63) is 120 Å². The van der Waals surface area contributed by atoms with Gasteiger partial charge in [0, 0.05) is 86.6 Å². The molecule has 7 fully saturated rings. The molecule has 26 nitrogen and oxygen atoms in total. The fraction of sp³-hybridized carbons (Fsp3) is 0.494. The molecule has 0 spiro atoms. The number of benzene rings is 4. The summed E-state index contributed by atoms with van der Waals surface area (Å²) in [6, 6.07) is 23.2. The maximum Gasteiger partial charge on any atom is 0.307 e. The van der Waals surface area contributed by atoms with Gasteiger partial charge in [0.05, 0.1) is 41.8 Å². The number of hydrogen-bond acceptors (Lipinski definition) is 19. The van der Waals surface area contributed by atoms with Crippen molar-refractivity contribution >= 4 is 156 Å². The monoisotopic (exact) mass is 1620 g/mol. The molecule has 10 atom stereocenters. The quantitative estimate of drug-likeness (QED) is 0.0362. The van der Waals surface area contributed by atoms with Crippen LogP contribution in [0.4, 0.5) is 0 Å². The van der Waals surface area contributed by atoms with Crippen LogP contribution in [0.1, 0.15) is 146 Å². The van der Waals surface area contributed by atoms with E-state index in [0.717, 1.165) is 30.0 Å². The molecule has 7 amide bonds. The average molecular weight is 1630 g/mol. The number of likely N-dealkylation sites (tertiary alicyclic amines) is 3. The molecular formula is C83H95Cl2N9O17S2. The lowest BCUT2D eigenvalue weighted by atomic mass is 9.77. The molecule has 30 heteroatoms. The number of piperidine rings is 1. The minimum absolute atomic E-state index is 0.00368. The third-order valence-corrected chi connectivity index (χ3v) is 26.9. The van der Waals surface area contributed by atoms with Gasteiger partial charge in [0.1, 0.15) is 63.2 Å². The Hall–Kier alpha value is -9.38. The van der Waals surface area contributed by atoms with E-state index < -0.39 is 142 Å². The molecule has 7 aliphatic rings. The van der Waals surface area contributed by atoms with E-state index in [1.165, 1.54) is 22.0 Å². The third-order valence-electron chi connectivity index (χ3n) is 22.8. The second kappa shape index (κ2) is 30.1. The zero-order chi connectivity index (χ0) is 81.0. The number of fused-ring (bicyclic) bond motifs is 10. The number of aromatic nitrogens is 2. The van der Waals surface area contributed by atoms with Crippen LogP contribution in [0, 0.1) is 34.5 Å². The molecular weight excluding hydrogens is 1530 g/mol. The number of furan rings is 2. The summed E-state index contributed by atoms with van der Waals surface area (Å²) in [6.07, 6.45) is 6.30. The molecule has 4 aromatic heterocycles. The number of nitrogens with one attached hydrogen (secondary N) is 4. The number of pyridine rings is 2. The van der Waals surface area contributed by atoms with Crippen molar-refractivity contribution in [1.82, 2.24) is 44.7 Å². The van der Waals surface area contributed by atoms with E-state index in [1.54, 1.807) is 57.2 Å². The summed E-state index contributed by atoms with van der Waals surface area (Å²) >= 11 is 12.7. The van der Waals surface area contributed by atoms with E-state index in [-0.39, 0.29) is 75.2 Å². The smallest absolute Gasteiger partial charge is 0.307 e. The molecule has 8 aromatic rings. The highest BCUT2D eigenvalue weighted by atomic mass is 35.5. The predicted octanol–water partition coefficient (Wildman–Crippen LogP) is 12.1. The Morgan fingerprint density at radius 2 is 0.965 bits per heavy atom. The van der Waals surface area contributed by atoms with E-state index in [9.17, 15) is 55.2 Å². The Morgan fingerprint density at radius 3 is 1.34 bits per heavy atom. The maximum absolute atomic E-state index is 14.9. The Labute approximate surface area is 665 Å². The molecule has 15 rings (SSSR count). The summed E-state index contributed by atoms with van der Waals surface area (Å²) in [5, 5.41) is 9.60. The molecule has 4 N–H and O–H groups in total. The van der Waals surface area contributed by atoms with Crippen LogP contribution in [0.25, 0.3) is 65.7 Å². The van der Waals surface area contributed by atoms with E-state index in [2.05, 4.69) is 33.2 Å². The van der Waals surface area contributed by atoms with Crippen molar-refractivity contribution in [2.24, 2.45) is 34.5 Å². The second-order valence-electron chi connectivity index (χ2n) is 34.4. The molecule has 4 aliphatic carbocycles. The Bertz CT molecular complexity index is 5480. The molecule has 0 radical (unpaired) electrons. The first kappa shape index (κ1) is 80.2. The van der Waals surface area contributed by atoms with E-state index in [4.69, 9.17) is 56.2 Å².